The predicted octanol–water partition coefficient (Wildman–Crippen LogP) is 1.38. The number of H-pyrrole nitrogens is 1. The number of carbonyl (C=O) groups excluding carboxylic acids is 1. The van der Waals surface area contributed by atoms with Gasteiger partial charge in [-0.3, -0.25) is 4.79 Å². The highest BCUT2D eigenvalue weighted by atomic mass is 16.1. The van der Waals surface area contributed by atoms with Crippen LogP contribution in [0.5, 0.6) is 0 Å². The smallest absolute Gasteiger partial charge is 0.216 e. The topological polar surface area (TPSA) is 107 Å². The first-order valence-electron chi connectivity index (χ1n) is 5.42. The minimum absolute atomic E-state index is 0.00611. The van der Waals surface area contributed by atoms with Crippen LogP contribution in [-0.4, -0.2) is 26.4 Å². The van der Waals surface area contributed by atoms with Gasteiger partial charge in [-0.05, 0) is 36.4 Å². The molecular formula is C12H10N6O. The molecule has 0 atom stereocenters. The van der Waals surface area contributed by atoms with Crippen LogP contribution in [0.15, 0.2) is 30.5 Å². The zero-order valence-electron chi connectivity index (χ0n) is 10.1. The van der Waals surface area contributed by atoms with Gasteiger partial charge in [0.1, 0.15) is 11.6 Å². The number of ketones is 1. The third kappa shape index (κ3) is 3.01. The van der Waals surface area contributed by atoms with Crippen molar-refractivity contribution < 1.29 is 4.79 Å². The van der Waals surface area contributed by atoms with Gasteiger partial charge in [0.2, 0.25) is 5.82 Å². The third-order valence-corrected chi connectivity index (χ3v) is 2.38. The Morgan fingerprint density at radius 3 is 2.68 bits per heavy atom. The molecule has 0 aliphatic heterocycles. The molecule has 0 amide bonds. The number of nitrogens with one attached hydrogen (secondary N) is 2. The molecule has 7 heteroatoms. The summed E-state index contributed by atoms with van der Waals surface area (Å²) in [4.78, 5) is 11.1. The van der Waals surface area contributed by atoms with Gasteiger partial charge in [-0.25, -0.2) is 0 Å². The highest BCUT2D eigenvalue weighted by Crippen LogP contribution is 2.12. The van der Waals surface area contributed by atoms with Gasteiger partial charge in [0.05, 0.1) is 0 Å². The van der Waals surface area contributed by atoms with E-state index in [4.69, 9.17) is 5.26 Å². The van der Waals surface area contributed by atoms with Crippen molar-refractivity contribution in [3.05, 3.63) is 41.9 Å². The Bertz CT molecular complexity index is 636. The third-order valence-electron chi connectivity index (χ3n) is 2.38. The van der Waals surface area contributed by atoms with Gasteiger partial charge in [0.15, 0.2) is 5.78 Å². The molecule has 0 radical (unpaired) electrons. The van der Waals surface area contributed by atoms with Gasteiger partial charge >= 0.3 is 0 Å². The van der Waals surface area contributed by atoms with Crippen molar-refractivity contribution in [1.82, 2.24) is 20.6 Å². The molecule has 0 saturated carbocycles. The van der Waals surface area contributed by atoms with E-state index in [9.17, 15) is 4.79 Å². The van der Waals surface area contributed by atoms with E-state index >= 15 is 0 Å². The van der Waals surface area contributed by atoms with Crippen molar-refractivity contribution in [3.63, 3.8) is 0 Å². The maximum absolute atomic E-state index is 11.1. The average molecular weight is 254 g/mol. The van der Waals surface area contributed by atoms with Crippen LogP contribution in [0.1, 0.15) is 23.1 Å². The molecule has 2 rings (SSSR count). The monoisotopic (exact) mass is 254 g/mol. The zero-order chi connectivity index (χ0) is 13.7. The van der Waals surface area contributed by atoms with Gasteiger partial charge in [-0.15, -0.1) is 10.2 Å². The lowest BCUT2D eigenvalue weighted by atomic mass is 10.1. The van der Waals surface area contributed by atoms with E-state index in [1.807, 2.05) is 6.07 Å². The first-order chi connectivity index (χ1) is 9.20. The number of benzene rings is 1. The van der Waals surface area contributed by atoms with E-state index in [2.05, 4.69) is 25.9 Å². The fourth-order valence-corrected chi connectivity index (χ4v) is 1.38. The summed E-state index contributed by atoms with van der Waals surface area (Å²) < 4.78 is 0. The van der Waals surface area contributed by atoms with E-state index in [0.29, 0.717) is 5.56 Å². The summed E-state index contributed by atoms with van der Waals surface area (Å²) in [6, 6.07) is 8.88. The van der Waals surface area contributed by atoms with Crippen molar-refractivity contribution in [2.45, 2.75) is 6.92 Å². The minimum Gasteiger partial charge on any atom is -0.360 e. The number of Topliss-reactive ketones (excluding diaryl/α,β-unsaturated/α-hetero) is 1. The standard InChI is InChI=1S/C12H10N6O/c1-8(19)9-2-4-11(5-3-9)14-7-10(6-13)12-15-17-18-16-12/h2-5,7,14H,1H3,(H,15,16,17,18). The number of carbonyl (C=O) groups is 1. The van der Waals surface area contributed by atoms with Crippen LogP contribution in [0.25, 0.3) is 5.57 Å². The van der Waals surface area contributed by atoms with Crippen LogP contribution in [0, 0.1) is 11.3 Å². The number of aromatic amines is 1. The number of tetrazole rings is 1. The molecule has 7 nitrogen and oxygen atoms in total. The normalized spacial score (nSPS) is 10.8. The molecular weight excluding hydrogens is 244 g/mol. The second-order valence-electron chi connectivity index (χ2n) is 3.68. The molecule has 1 heterocycles. The summed E-state index contributed by atoms with van der Waals surface area (Å²) in [6.45, 7) is 1.51. The molecule has 2 N–H and O–H groups in total. The lowest BCUT2D eigenvalue weighted by Gasteiger charge is -2.02. The molecule has 0 aliphatic carbocycles. The molecule has 0 spiro atoms. The Morgan fingerprint density at radius 2 is 2.16 bits per heavy atom. The van der Waals surface area contributed by atoms with Crippen LogP contribution in [0.3, 0.4) is 0 Å². The molecule has 0 fully saturated rings. The summed E-state index contributed by atoms with van der Waals surface area (Å²) >= 11 is 0. The molecule has 1 aromatic heterocycles. The molecule has 19 heavy (non-hydrogen) atoms. The van der Waals surface area contributed by atoms with Crippen molar-refractivity contribution in [2.24, 2.45) is 0 Å². The van der Waals surface area contributed by atoms with E-state index in [1.54, 1.807) is 24.3 Å². The van der Waals surface area contributed by atoms with Crippen LogP contribution in [-0.2, 0) is 0 Å². The minimum atomic E-state index is 0.00611. The Balaban J connectivity index is 2.13. The van der Waals surface area contributed by atoms with Crippen molar-refractivity contribution in [3.8, 4) is 6.07 Å². The van der Waals surface area contributed by atoms with Gasteiger partial charge in [0.25, 0.3) is 0 Å². The number of rotatable bonds is 4. The molecule has 0 saturated heterocycles. The second kappa shape index (κ2) is 5.55. The van der Waals surface area contributed by atoms with Gasteiger partial charge < -0.3 is 5.32 Å². The Morgan fingerprint density at radius 1 is 1.42 bits per heavy atom. The Labute approximate surface area is 109 Å². The largest absolute Gasteiger partial charge is 0.360 e. The van der Waals surface area contributed by atoms with E-state index in [-0.39, 0.29) is 17.2 Å². The first-order valence-corrected chi connectivity index (χ1v) is 5.42. The summed E-state index contributed by atoms with van der Waals surface area (Å²) in [6.07, 6.45) is 1.48. The van der Waals surface area contributed by atoms with E-state index < -0.39 is 0 Å². The number of anilines is 1. The number of nitriles is 1. The Kier molecular flexibility index (Phi) is 3.64. The van der Waals surface area contributed by atoms with Crippen molar-refractivity contribution in [2.75, 3.05) is 5.32 Å². The molecule has 1 aromatic carbocycles. The zero-order valence-corrected chi connectivity index (χ0v) is 10.1. The molecule has 0 unspecified atom stereocenters. The summed E-state index contributed by atoms with van der Waals surface area (Å²) in [5.41, 5.74) is 1.64. The second-order valence-corrected chi connectivity index (χ2v) is 3.68. The molecule has 0 bridgehead atoms. The number of hydrogen-bond donors (Lipinski definition) is 2. The van der Waals surface area contributed by atoms with Crippen LogP contribution < -0.4 is 5.32 Å². The van der Waals surface area contributed by atoms with Gasteiger partial charge in [-0.1, -0.05) is 0 Å². The van der Waals surface area contributed by atoms with Crippen LogP contribution in [0.2, 0.25) is 0 Å². The lowest BCUT2D eigenvalue weighted by molar-refractivity contribution is 0.101. The van der Waals surface area contributed by atoms with Gasteiger partial charge in [0, 0.05) is 17.5 Å². The highest BCUT2D eigenvalue weighted by Gasteiger charge is 2.05. The van der Waals surface area contributed by atoms with Crippen LogP contribution in [0.4, 0.5) is 5.69 Å². The number of aromatic nitrogens is 4. The fraction of sp³-hybridized carbons (Fsp3) is 0.0833. The molecule has 0 aliphatic rings. The summed E-state index contributed by atoms with van der Waals surface area (Å²) in [7, 11) is 0. The van der Waals surface area contributed by atoms with Gasteiger partial charge in [-0.2, -0.15) is 10.5 Å². The SMILES string of the molecule is CC(=O)c1ccc(NC=C(C#N)c2nn[nH]n2)cc1. The first kappa shape index (κ1) is 12.4. The van der Waals surface area contributed by atoms with Crippen molar-refractivity contribution in [1.29, 1.82) is 5.26 Å². The lowest BCUT2D eigenvalue weighted by Crippen LogP contribution is -1.95. The highest BCUT2D eigenvalue weighted by molar-refractivity contribution is 5.94. The maximum atomic E-state index is 11.1. The Hall–Kier alpha value is -3.01. The van der Waals surface area contributed by atoms with E-state index in [1.165, 1.54) is 13.1 Å². The molecule has 94 valence electrons. The number of hydrogen-bond acceptors (Lipinski definition) is 6. The van der Waals surface area contributed by atoms with Crippen molar-refractivity contribution >= 4 is 17.0 Å². The van der Waals surface area contributed by atoms with E-state index in [0.717, 1.165) is 5.69 Å². The number of nitrogens with zero attached hydrogens (tertiary/aromatic N) is 4. The maximum Gasteiger partial charge on any atom is 0.216 e. The molecule has 2 aromatic rings. The average Bonchev–Trinajstić information content (AvgIpc) is 2.94. The summed E-state index contributed by atoms with van der Waals surface area (Å²) in [5.74, 6) is 0.224. The fourth-order valence-electron chi connectivity index (χ4n) is 1.38. The quantitative estimate of drug-likeness (QED) is 0.630. The van der Waals surface area contributed by atoms with Crippen LogP contribution >= 0.6 is 0 Å². The predicted molar refractivity (Wildman–Crippen MR) is 67.8 cm³/mol. The number of allylic oxidation sites excluding steroid dienone is 1. The summed E-state index contributed by atoms with van der Waals surface area (Å²) in [5, 5.41) is 25.0.